The van der Waals surface area contributed by atoms with Crippen LogP contribution in [0, 0.1) is 0 Å². The summed E-state index contributed by atoms with van der Waals surface area (Å²) < 4.78 is 3.35. The maximum atomic E-state index is 10.6. The summed E-state index contributed by atoms with van der Waals surface area (Å²) in [6, 6.07) is 1.05. The van der Waals surface area contributed by atoms with Crippen LogP contribution < -0.4 is 0 Å². The fourth-order valence-corrected chi connectivity index (χ4v) is 3.83. The first-order valence-electron chi connectivity index (χ1n) is 3.81. The van der Waals surface area contributed by atoms with Crippen LogP contribution in [0.3, 0.4) is 0 Å². The molecule has 0 amide bonds. The molecule has 0 fully saturated rings. The van der Waals surface area contributed by atoms with Crippen LogP contribution in [0.4, 0.5) is 0 Å². The van der Waals surface area contributed by atoms with Crippen molar-refractivity contribution in [2.24, 2.45) is 0 Å². The van der Waals surface area contributed by atoms with E-state index in [1.807, 2.05) is 0 Å². The van der Waals surface area contributed by atoms with Gasteiger partial charge in [-0.05, 0) is 12.5 Å². The van der Waals surface area contributed by atoms with Gasteiger partial charge < -0.3 is 4.74 Å². The number of unbranched alkanes of at least 4 members (excludes halogenated alkanes) is 1. The summed E-state index contributed by atoms with van der Waals surface area (Å²) >= 11 is 10.6. The first-order chi connectivity index (χ1) is 5.95. The maximum absolute atomic E-state index is 10.6. The second-order valence-corrected chi connectivity index (χ2v) is 25.9. The summed E-state index contributed by atoms with van der Waals surface area (Å²) in [6.07, 6.45) is 3.09. The van der Waals surface area contributed by atoms with Gasteiger partial charge in [0.15, 0.2) is 0 Å². The lowest BCUT2D eigenvalue weighted by Gasteiger charge is -2.08. The van der Waals surface area contributed by atoms with Crippen LogP contribution in [-0.4, -0.2) is 16.5 Å². The number of carbonyl (C=O) groups is 1. The van der Waals surface area contributed by atoms with Crippen LogP contribution >= 0.6 is 45.9 Å². The monoisotopic (exact) mass is 392 g/mol. The van der Waals surface area contributed by atoms with Gasteiger partial charge in [0, 0.05) is 6.08 Å². The fraction of sp³-hybridized carbons (Fsp3) is 0.571. The van der Waals surface area contributed by atoms with Gasteiger partial charge in [-0.3, -0.25) is 0 Å². The van der Waals surface area contributed by atoms with E-state index in [0.717, 1.165) is 18.9 Å². The fourth-order valence-electron chi connectivity index (χ4n) is 0.659. The maximum Gasteiger partial charge on any atom is 0.330 e. The Bertz CT molecular complexity index is 179. The van der Waals surface area contributed by atoms with Gasteiger partial charge in [-0.1, -0.05) is 58.9 Å². The van der Waals surface area contributed by atoms with Crippen LogP contribution in [0.1, 0.15) is 12.8 Å². The smallest absolute Gasteiger partial charge is 0.330 e. The molecule has 2 nitrogen and oxygen atoms in total. The van der Waals surface area contributed by atoms with Gasteiger partial charge in [0.1, 0.15) is 0 Å². The van der Waals surface area contributed by atoms with Crippen molar-refractivity contribution < 1.29 is 9.53 Å². The van der Waals surface area contributed by atoms with E-state index in [4.69, 9.17) is 4.74 Å². The minimum Gasteiger partial charge on any atom is -0.463 e. The second-order valence-electron chi connectivity index (χ2n) is 2.44. The van der Waals surface area contributed by atoms with E-state index in [1.54, 1.807) is 0 Å². The highest BCUT2D eigenvalue weighted by Crippen LogP contribution is 2.33. The van der Waals surface area contributed by atoms with Crippen molar-refractivity contribution >= 4 is 55.8 Å². The number of halogens is 3. The molecule has 0 rings (SSSR count). The molecule has 0 aromatic carbocycles. The molecule has 0 aliphatic carbocycles. The molecule has 0 atom stereocenters. The van der Waals surface area contributed by atoms with E-state index >= 15 is 0 Å². The number of hydrogen-bond acceptors (Lipinski definition) is 2. The molecule has 0 spiro atoms. The number of esters is 1. The normalized spacial score (nSPS) is 11.0. The highest BCUT2D eigenvalue weighted by atomic mass is 80.0. The van der Waals surface area contributed by atoms with Crippen molar-refractivity contribution in [1.29, 1.82) is 0 Å². The molecule has 0 aromatic rings. The highest BCUT2D eigenvalue weighted by molar-refractivity contribution is 9.72. The number of rotatable bonds is 6. The average Bonchev–Trinajstić information content (AvgIpc) is 2.01. The minimum absolute atomic E-state index is 0.347. The third-order valence-electron chi connectivity index (χ3n) is 1.27. The molecule has 0 aromatic heterocycles. The average molecular weight is 395 g/mol. The number of carbonyl (C=O) groups excluding carboxylic acids is 1. The van der Waals surface area contributed by atoms with E-state index in [-0.39, 0.29) is 5.97 Å². The number of hydrogen-bond donors (Lipinski definition) is 0. The largest absolute Gasteiger partial charge is 0.463 e. The first-order valence-corrected chi connectivity index (χ1v) is 12.8. The van der Waals surface area contributed by atoms with Crippen LogP contribution in [-0.2, 0) is 9.53 Å². The van der Waals surface area contributed by atoms with Crippen molar-refractivity contribution in [3.8, 4) is 0 Å². The standard InChI is InChI=1S/C7H11Br3O2Si/c1-2-7(11)12-5-3-4-6-13(8,9)10/h2H,1,3-6H2. The Morgan fingerprint density at radius 1 is 1.38 bits per heavy atom. The summed E-state index contributed by atoms with van der Waals surface area (Å²) in [5, 5.41) is 0. The molecule has 0 bridgehead atoms. The van der Waals surface area contributed by atoms with E-state index in [2.05, 4.69) is 52.5 Å². The zero-order valence-electron chi connectivity index (χ0n) is 7.06. The van der Waals surface area contributed by atoms with Gasteiger partial charge in [-0.2, -0.15) is 0 Å². The van der Waals surface area contributed by atoms with Crippen molar-refractivity contribution in [2.75, 3.05) is 6.61 Å². The van der Waals surface area contributed by atoms with Gasteiger partial charge in [0.05, 0.1) is 6.61 Å². The third-order valence-corrected chi connectivity index (χ3v) is 5.75. The second kappa shape index (κ2) is 7.20. The number of ether oxygens (including phenoxy) is 1. The molecule has 0 unspecified atom stereocenters. The molecular formula is C7H11Br3O2Si. The first kappa shape index (κ1) is 13.9. The van der Waals surface area contributed by atoms with E-state index in [1.165, 1.54) is 6.08 Å². The van der Waals surface area contributed by atoms with Gasteiger partial charge >= 0.3 is 5.97 Å². The van der Waals surface area contributed by atoms with Gasteiger partial charge in [0.25, 0.3) is 3.93 Å². The Kier molecular flexibility index (Phi) is 7.68. The molecule has 0 radical (unpaired) electrons. The van der Waals surface area contributed by atoms with Gasteiger partial charge in [0.2, 0.25) is 0 Å². The van der Waals surface area contributed by atoms with Gasteiger partial charge in [-0.15, -0.1) is 0 Å². The molecule has 0 saturated heterocycles. The lowest BCUT2D eigenvalue weighted by atomic mass is 10.4. The molecule has 0 aliphatic rings. The quantitative estimate of drug-likeness (QED) is 0.226. The van der Waals surface area contributed by atoms with Crippen molar-refractivity contribution in [2.45, 2.75) is 18.9 Å². The predicted molar refractivity (Wildman–Crippen MR) is 67.7 cm³/mol. The van der Waals surface area contributed by atoms with Crippen molar-refractivity contribution in [1.82, 2.24) is 0 Å². The Hall–Kier alpha value is 0.867. The Labute approximate surface area is 103 Å². The summed E-state index contributed by atoms with van der Waals surface area (Å²) in [7, 11) is 0. The van der Waals surface area contributed by atoms with Crippen LogP contribution in [0.2, 0.25) is 6.04 Å². The van der Waals surface area contributed by atoms with Crippen molar-refractivity contribution in [3.63, 3.8) is 0 Å². The topological polar surface area (TPSA) is 26.3 Å². The lowest BCUT2D eigenvalue weighted by molar-refractivity contribution is -0.137. The Morgan fingerprint density at radius 2 is 2.00 bits per heavy atom. The summed E-state index contributed by atoms with van der Waals surface area (Å²) in [4.78, 5) is 10.6. The zero-order chi connectivity index (χ0) is 10.3. The Morgan fingerprint density at radius 3 is 2.46 bits per heavy atom. The lowest BCUT2D eigenvalue weighted by Crippen LogP contribution is -2.07. The molecule has 6 heteroatoms. The molecule has 0 N–H and O–H groups in total. The summed E-state index contributed by atoms with van der Waals surface area (Å²) in [6.45, 7) is 3.78. The van der Waals surface area contributed by atoms with Crippen LogP contribution in [0.15, 0.2) is 12.7 Å². The van der Waals surface area contributed by atoms with E-state index < -0.39 is 3.93 Å². The summed E-state index contributed by atoms with van der Waals surface area (Å²) in [5.74, 6) is -0.347. The molecular weight excluding hydrogens is 384 g/mol. The SMILES string of the molecule is C=CC(=O)OCCCC[Si](Br)(Br)Br. The molecule has 13 heavy (non-hydrogen) atoms. The zero-order valence-corrected chi connectivity index (χ0v) is 12.8. The van der Waals surface area contributed by atoms with E-state index in [0.29, 0.717) is 6.61 Å². The van der Waals surface area contributed by atoms with Crippen molar-refractivity contribution in [3.05, 3.63) is 12.7 Å². The van der Waals surface area contributed by atoms with Crippen LogP contribution in [0.5, 0.6) is 0 Å². The van der Waals surface area contributed by atoms with Crippen LogP contribution in [0.25, 0.3) is 0 Å². The van der Waals surface area contributed by atoms with Gasteiger partial charge in [-0.25, -0.2) is 4.79 Å². The molecule has 0 saturated carbocycles. The highest BCUT2D eigenvalue weighted by Gasteiger charge is 2.20. The predicted octanol–water partition coefficient (Wildman–Crippen LogP) is 3.62. The minimum atomic E-state index is -1.47. The molecule has 0 heterocycles. The summed E-state index contributed by atoms with van der Waals surface area (Å²) in [5.41, 5.74) is 0. The molecule has 0 aliphatic heterocycles. The third kappa shape index (κ3) is 10.8. The van der Waals surface area contributed by atoms with E-state index in [9.17, 15) is 4.79 Å². The molecule has 76 valence electrons. The Balaban J connectivity index is 3.27.